The normalized spacial score (nSPS) is 22.4. The summed E-state index contributed by atoms with van der Waals surface area (Å²) in [5, 5.41) is 3.94. The van der Waals surface area contributed by atoms with Gasteiger partial charge in [-0.1, -0.05) is 23.7 Å². The lowest BCUT2D eigenvalue weighted by Gasteiger charge is -2.36. The van der Waals surface area contributed by atoms with Gasteiger partial charge in [-0.3, -0.25) is 9.79 Å². The molecule has 1 amide bonds. The third-order valence-electron chi connectivity index (χ3n) is 5.26. The van der Waals surface area contributed by atoms with Gasteiger partial charge in [0.15, 0.2) is 15.8 Å². The Labute approximate surface area is 171 Å². The largest absolute Gasteiger partial charge is 0.356 e. The molecule has 1 aromatic rings. The first-order valence-electron chi connectivity index (χ1n) is 9.54. The monoisotopic (exact) mass is 426 g/mol. The van der Waals surface area contributed by atoms with E-state index < -0.39 is 9.84 Å². The number of carbonyl (C=O) groups is 1. The molecule has 1 aromatic carbocycles. The maximum Gasteiger partial charge on any atom is 0.227 e. The molecule has 0 aliphatic carbocycles. The number of amides is 1. The third-order valence-corrected chi connectivity index (χ3v) is 7.34. The summed E-state index contributed by atoms with van der Waals surface area (Å²) in [6.45, 7) is 3.28. The van der Waals surface area contributed by atoms with Gasteiger partial charge in [0, 0.05) is 44.8 Å². The van der Waals surface area contributed by atoms with Crippen molar-refractivity contribution in [1.82, 2.24) is 15.1 Å². The fourth-order valence-electron chi connectivity index (χ4n) is 3.70. The Morgan fingerprint density at radius 3 is 2.57 bits per heavy atom. The van der Waals surface area contributed by atoms with Crippen molar-refractivity contribution in [3.8, 4) is 0 Å². The summed E-state index contributed by atoms with van der Waals surface area (Å²) in [5.74, 6) is 1.54. The number of nitrogens with one attached hydrogen (secondary N) is 1. The molecule has 28 heavy (non-hydrogen) atoms. The van der Waals surface area contributed by atoms with E-state index in [-0.39, 0.29) is 23.3 Å². The lowest BCUT2D eigenvalue weighted by atomic mass is 10.1. The molecule has 1 N–H and O–H groups in total. The van der Waals surface area contributed by atoms with E-state index in [4.69, 9.17) is 11.6 Å². The summed E-state index contributed by atoms with van der Waals surface area (Å²) < 4.78 is 23.2. The number of halogens is 1. The molecule has 0 aromatic heterocycles. The van der Waals surface area contributed by atoms with Gasteiger partial charge in [0.1, 0.15) is 0 Å². The van der Waals surface area contributed by atoms with Crippen molar-refractivity contribution in [2.24, 2.45) is 10.9 Å². The second-order valence-electron chi connectivity index (χ2n) is 7.37. The Bertz CT molecular complexity index is 835. The fraction of sp³-hybridized carbons (Fsp3) is 0.579. The highest BCUT2D eigenvalue weighted by atomic mass is 35.5. The van der Waals surface area contributed by atoms with Gasteiger partial charge in [-0.2, -0.15) is 0 Å². The van der Waals surface area contributed by atoms with Crippen molar-refractivity contribution in [1.29, 1.82) is 0 Å². The number of aliphatic imine (C=N–C) groups is 1. The summed E-state index contributed by atoms with van der Waals surface area (Å²) >= 11 is 5.99. The lowest BCUT2D eigenvalue weighted by molar-refractivity contribution is -0.131. The molecule has 9 heteroatoms. The van der Waals surface area contributed by atoms with Crippen LogP contribution in [0.2, 0.25) is 5.02 Å². The van der Waals surface area contributed by atoms with Crippen molar-refractivity contribution in [3.63, 3.8) is 0 Å². The molecule has 0 spiro atoms. The van der Waals surface area contributed by atoms with Crippen LogP contribution in [-0.2, 0) is 21.1 Å². The first-order valence-corrected chi connectivity index (χ1v) is 11.7. The Kier molecular flexibility index (Phi) is 6.82. The summed E-state index contributed by atoms with van der Waals surface area (Å²) in [6.07, 6.45) is 1.06. The van der Waals surface area contributed by atoms with Crippen molar-refractivity contribution >= 4 is 33.3 Å². The van der Waals surface area contributed by atoms with E-state index in [1.54, 1.807) is 13.1 Å². The minimum atomic E-state index is -2.87. The van der Waals surface area contributed by atoms with E-state index >= 15 is 0 Å². The van der Waals surface area contributed by atoms with Crippen LogP contribution in [0.4, 0.5) is 0 Å². The molecular formula is C19H27ClN4O3S. The summed E-state index contributed by atoms with van der Waals surface area (Å²) in [7, 11) is -1.14. The van der Waals surface area contributed by atoms with Crippen molar-refractivity contribution in [3.05, 3.63) is 34.9 Å². The Morgan fingerprint density at radius 1 is 1.25 bits per heavy atom. The number of hydrogen-bond acceptors (Lipinski definition) is 4. The molecule has 1 atom stereocenters. The number of rotatable bonds is 4. The highest BCUT2D eigenvalue weighted by molar-refractivity contribution is 7.91. The van der Waals surface area contributed by atoms with Crippen molar-refractivity contribution in [2.45, 2.75) is 12.8 Å². The fourth-order valence-corrected chi connectivity index (χ4v) is 5.78. The first-order chi connectivity index (χ1) is 13.4. The quantitative estimate of drug-likeness (QED) is 0.574. The minimum absolute atomic E-state index is 0.0982. The van der Waals surface area contributed by atoms with Gasteiger partial charge in [0.25, 0.3) is 0 Å². The molecular weight excluding hydrogens is 400 g/mol. The van der Waals surface area contributed by atoms with Crippen LogP contribution in [0, 0.1) is 5.92 Å². The molecule has 0 radical (unpaired) electrons. The molecule has 1 unspecified atom stereocenters. The zero-order valence-electron chi connectivity index (χ0n) is 16.1. The average Bonchev–Trinajstić information content (AvgIpc) is 3.01. The van der Waals surface area contributed by atoms with Crippen LogP contribution < -0.4 is 5.32 Å². The van der Waals surface area contributed by atoms with Gasteiger partial charge in [0.05, 0.1) is 17.9 Å². The maximum atomic E-state index is 12.5. The van der Waals surface area contributed by atoms with E-state index in [2.05, 4.69) is 15.2 Å². The Morgan fingerprint density at radius 2 is 1.96 bits per heavy atom. The highest BCUT2D eigenvalue weighted by Gasteiger charge is 2.29. The summed E-state index contributed by atoms with van der Waals surface area (Å²) in [4.78, 5) is 20.9. The minimum Gasteiger partial charge on any atom is -0.356 e. The van der Waals surface area contributed by atoms with Gasteiger partial charge >= 0.3 is 0 Å². The molecule has 154 valence electrons. The van der Waals surface area contributed by atoms with E-state index in [1.165, 1.54) is 0 Å². The molecule has 0 bridgehead atoms. The second kappa shape index (κ2) is 9.13. The van der Waals surface area contributed by atoms with Gasteiger partial charge in [-0.15, -0.1) is 0 Å². The zero-order chi connectivity index (χ0) is 20.1. The number of guanidine groups is 1. The predicted molar refractivity (Wildman–Crippen MR) is 111 cm³/mol. The molecule has 2 aliphatic rings. The van der Waals surface area contributed by atoms with Crippen LogP contribution in [0.3, 0.4) is 0 Å². The number of piperazine rings is 1. The average molecular weight is 427 g/mol. The molecule has 3 rings (SSSR count). The number of carbonyl (C=O) groups excluding carboxylic acids is 1. The van der Waals surface area contributed by atoms with Crippen molar-refractivity contribution in [2.75, 3.05) is 51.3 Å². The summed E-state index contributed by atoms with van der Waals surface area (Å²) in [6, 6.07) is 7.39. The van der Waals surface area contributed by atoms with Crippen molar-refractivity contribution < 1.29 is 13.2 Å². The summed E-state index contributed by atoms with van der Waals surface area (Å²) in [5.41, 5.74) is 0.920. The van der Waals surface area contributed by atoms with E-state index in [0.29, 0.717) is 50.6 Å². The van der Waals surface area contributed by atoms with Crippen LogP contribution in [0.15, 0.2) is 29.3 Å². The molecule has 2 heterocycles. The van der Waals surface area contributed by atoms with Crippen LogP contribution in [0.25, 0.3) is 0 Å². The van der Waals surface area contributed by atoms with E-state index in [1.807, 2.05) is 23.1 Å². The highest BCUT2D eigenvalue weighted by Crippen LogP contribution is 2.17. The predicted octanol–water partition coefficient (Wildman–Crippen LogP) is 1.04. The van der Waals surface area contributed by atoms with Crippen LogP contribution in [0.1, 0.15) is 12.0 Å². The number of benzene rings is 1. The van der Waals surface area contributed by atoms with Crippen LogP contribution in [0.5, 0.6) is 0 Å². The Hall–Kier alpha value is -1.80. The van der Waals surface area contributed by atoms with Gasteiger partial charge in [-0.05, 0) is 30.0 Å². The van der Waals surface area contributed by atoms with E-state index in [9.17, 15) is 13.2 Å². The molecule has 7 nitrogen and oxygen atoms in total. The lowest BCUT2D eigenvalue weighted by Crippen LogP contribution is -2.54. The topological polar surface area (TPSA) is 82.1 Å². The SMILES string of the molecule is CN=C(NCC1CCS(=O)(=O)C1)N1CCN(C(=O)Cc2cccc(Cl)c2)CC1. The number of sulfone groups is 1. The maximum absolute atomic E-state index is 12.5. The molecule has 2 fully saturated rings. The number of hydrogen-bond donors (Lipinski definition) is 1. The van der Waals surface area contributed by atoms with Gasteiger partial charge < -0.3 is 15.1 Å². The van der Waals surface area contributed by atoms with E-state index in [0.717, 1.165) is 11.5 Å². The standard InChI is InChI=1S/C19H27ClN4O3S/c1-21-19(22-13-16-5-10-28(26,27)14-16)24-8-6-23(7-9-24)18(25)12-15-3-2-4-17(20)11-15/h2-4,11,16H,5-10,12-14H2,1H3,(H,21,22). The Balaban J connectivity index is 1.46. The molecule has 0 saturated carbocycles. The first kappa shape index (κ1) is 20.9. The zero-order valence-corrected chi connectivity index (χ0v) is 17.7. The van der Waals surface area contributed by atoms with Gasteiger partial charge in [-0.25, -0.2) is 8.42 Å². The molecule has 2 aliphatic heterocycles. The third kappa shape index (κ3) is 5.61. The van der Waals surface area contributed by atoms with Crippen LogP contribution >= 0.6 is 11.6 Å². The molecule has 2 saturated heterocycles. The second-order valence-corrected chi connectivity index (χ2v) is 10.0. The smallest absolute Gasteiger partial charge is 0.227 e. The van der Waals surface area contributed by atoms with Crippen LogP contribution in [-0.4, -0.2) is 81.4 Å². The number of nitrogens with zero attached hydrogens (tertiary/aromatic N) is 3. The van der Waals surface area contributed by atoms with Gasteiger partial charge in [0.2, 0.25) is 5.91 Å².